The summed E-state index contributed by atoms with van der Waals surface area (Å²) in [5.41, 5.74) is 0.129. The molecule has 0 spiro atoms. The van der Waals surface area contributed by atoms with Gasteiger partial charge in [0.2, 0.25) is 5.88 Å². The van der Waals surface area contributed by atoms with Crippen molar-refractivity contribution in [2.45, 2.75) is 31.6 Å². The Kier molecular flexibility index (Phi) is 3.28. The minimum absolute atomic E-state index is 0.116. The summed E-state index contributed by atoms with van der Waals surface area (Å²) >= 11 is 7.01. The quantitative estimate of drug-likeness (QED) is 0.893. The van der Waals surface area contributed by atoms with Crippen molar-refractivity contribution < 1.29 is 5.11 Å². The first-order chi connectivity index (χ1) is 9.15. The van der Waals surface area contributed by atoms with Gasteiger partial charge in [-0.15, -0.1) is 0 Å². The van der Waals surface area contributed by atoms with Gasteiger partial charge in [-0.2, -0.15) is 4.98 Å². The Morgan fingerprint density at radius 2 is 2.16 bits per heavy atom. The van der Waals surface area contributed by atoms with E-state index in [0.29, 0.717) is 14.9 Å². The molecule has 0 aliphatic heterocycles. The number of rotatable bonds is 2. The van der Waals surface area contributed by atoms with E-state index in [1.165, 1.54) is 17.5 Å². The monoisotopic (exact) mass is 297 g/mol. The predicted octanol–water partition coefficient (Wildman–Crippen LogP) is 2.91. The predicted molar refractivity (Wildman–Crippen MR) is 73.8 cm³/mol. The van der Waals surface area contributed by atoms with Gasteiger partial charge < -0.3 is 10.1 Å². The van der Waals surface area contributed by atoms with Gasteiger partial charge in [-0.05, 0) is 18.8 Å². The van der Waals surface area contributed by atoms with Crippen LogP contribution in [0.15, 0.2) is 11.0 Å². The second-order valence-electron chi connectivity index (χ2n) is 4.60. The van der Waals surface area contributed by atoms with E-state index >= 15 is 0 Å². The van der Waals surface area contributed by atoms with E-state index in [0.717, 1.165) is 25.7 Å². The Morgan fingerprint density at radius 3 is 2.74 bits per heavy atom. The first-order valence-electron chi connectivity index (χ1n) is 6.10. The number of halogens is 1. The Bertz CT molecular complexity index is 661. The van der Waals surface area contributed by atoms with E-state index in [4.69, 9.17) is 11.6 Å². The van der Waals surface area contributed by atoms with Gasteiger partial charge in [0.25, 0.3) is 5.56 Å². The summed E-state index contributed by atoms with van der Waals surface area (Å²) < 4.78 is 0.511. The molecule has 0 saturated heterocycles. The van der Waals surface area contributed by atoms with Crippen LogP contribution in [0.4, 0.5) is 0 Å². The average Bonchev–Trinajstić information content (AvgIpc) is 2.99. The zero-order valence-corrected chi connectivity index (χ0v) is 11.6. The Hall–Kier alpha value is -1.40. The summed E-state index contributed by atoms with van der Waals surface area (Å²) in [6, 6.07) is 0. The van der Waals surface area contributed by atoms with Crippen molar-refractivity contribution in [2.24, 2.45) is 0 Å². The summed E-state index contributed by atoms with van der Waals surface area (Å²) in [6.07, 6.45) is 5.53. The van der Waals surface area contributed by atoms with Gasteiger partial charge in [-0.25, -0.2) is 4.98 Å². The van der Waals surface area contributed by atoms with E-state index in [9.17, 15) is 9.90 Å². The first kappa shape index (κ1) is 12.6. The van der Waals surface area contributed by atoms with E-state index in [-0.39, 0.29) is 23.2 Å². The lowest BCUT2D eigenvalue weighted by Gasteiger charge is -2.10. The molecular formula is C12H12ClN3O2S. The van der Waals surface area contributed by atoms with Crippen molar-refractivity contribution in [3.05, 3.63) is 26.5 Å². The number of aromatic hydroxyl groups is 1. The molecular weight excluding hydrogens is 286 g/mol. The van der Waals surface area contributed by atoms with E-state index < -0.39 is 0 Å². The van der Waals surface area contributed by atoms with Crippen molar-refractivity contribution in [2.75, 3.05) is 0 Å². The van der Waals surface area contributed by atoms with Crippen LogP contribution < -0.4 is 5.56 Å². The Balaban J connectivity index is 2.04. The summed E-state index contributed by atoms with van der Waals surface area (Å²) in [5.74, 6) is 0.198. The molecule has 0 amide bonds. The van der Waals surface area contributed by atoms with Gasteiger partial charge in [-0.3, -0.25) is 4.79 Å². The second kappa shape index (κ2) is 4.94. The van der Waals surface area contributed by atoms with Crippen LogP contribution in [0.3, 0.4) is 0 Å². The standard InChI is InChI=1S/C12H12ClN3O2S/c13-7-5-14-12(19-7)9-15-10(17)8(11(18)16-9)6-3-1-2-4-6/h5-6H,1-4H2,(H2,15,16,17,18). The molecule has 0 radical (unpaired) electrons. The molecule has 1 aliphatic carbocycles. The lowest BCUT2D eigenvalue weighted by Crippen LogP contribution is -2.17. The van der Waals surface area contributed by atoms with Gasteiger partial charge in [0.05, 0.1) is 11.8 Å². The molecule has 7 heteroatoms. The molecule has 2 aromatic rings. The number of aromatic nitrogens is 3. The highest BCUT2D eigenvalue weighted by Gasteiger charge is 2.25. The SMILES string of the molecule is O=c1[nH]c(-c2ncc(Cl)s2)nc(O)c1C1CCCC1. The summed E-state index contributed by atoms with van der Waals surface area (Å²) in [5, 5.41) is 10.5. The van der Waals surface area contributed by atoms with Crippen molar-refractivity contribution in [1.82, 2.24) is 15.0 Å². The van der Waals surface area contributed by atoms with Gasteiger partial charge in [0, 0.05) is 0 Å². The van der Waals surface area contributed by atoms with Crippen LogP contribution in [0.2, 0.25) is 4.34 Å². The molecule has 5 nitrogen and oxygen atoms in total. The first-order valence-corrected chi connectivity index (χ1v) is 7.29. The molecule has 1 fully saturated rings. The van der Waals surface area contributed by atoms with Crippen LogP contribution in [0.5, 0.6) is 5.88 Å². The minimum Gasteiger partial charge on any atom is -0.493 e. The maximum atomic E-state index is 12.1. The van der Waals surface area contributed by atoms with Gasteiger partial charge in [0.1, 0.15) is 4.34 Å². The molecule has 2 aromatic heterocycles. The van der Waals surface area contributed by atoms with E-state index in [1.807, 2.05) is 0 Å². The van der Waals surface area contributed by atoms with E-state index in [2.05, 4.69) is 15.0 Å². The third kappa shape index (κ3) is 2.37. The lowest BCUT2D eigenvalue weighted by molar-refractivity contribution is 0.436. The number of hydrogen-bond acceptors (Lipinski definition) is 5. The van der Waals surface area contributed by atoms with Crippen LogP contribution in [0, 0.1) is 0 Å². The third-order valence-corrected chi connectivity index (χ3v) is 4.50. The van der Waals surface area contributed by atoms with Gasteiger partial charge in [-0.1, -0.05) is 35.8 Å². The fourth-order valence-electron chi connectivity index (χ4n) is 2.52. The molecule has 19 heavy (non-hydrogen) atoms. The molecule has 1 aliphatic rings. The number of nitrogens with one attached hydrogen (secondary N) is 1. The van der Waals surface area contributed by atoms with Crippen LogP contribution in [0.25, 0.3) is 10.8 Å². The number of aromatic amines is 1. The largest absolute Gasteiger partial charge is 0.493 e. The fraction of sp³-hybridized carbons (Fsp3) is 0.417. The average molecular weight is 298 g/mol. The summed E-state index contributed by atoms with van der Waals surface area (Å²) in [7, 11) is 0. The summed E-state index contributed by atoms with van der Waals surface area (Å²) in [6.45, 7) is 0. The highest BCUT2D eigenvalue weighted by Crippen LogP contribution is 2.36. The van der Waals surface area contributed by atoms with Crippen molar-refractivity contribution >= 4 is 22.9 Å². The molecule has 0 atom stereocenters. The topological polar surface area (TPSA) is 78.9 Å². The van der Waals surface area contributed by atoms with E-state index in [1.54, 1.807) is 0 Å². The minimum atomic E-state index is -0.277. The maximum absolute atomic E-state index is 12.1. The van der Waals surface area contributed by atoms with Crippen molar-refractivity contribution in [3.63, 3.8) is 0 Å². The zero-order valence-electron chi connectivity index (χ0n) is 10.0. The van der Waals surface area contributed by atoms with Crippen LogP contribution in [-0.4, -0.2) is 20.1 Å². The van der Waals surface area contributed by atoms with Crippen LogP contribution >= 0.6 is 22.9 Å². The molecule has 100 valence electrons. The summed E-state index contributed by atoms with van der Waals surface area (Å²) in [4.78, 5) is 22.9. The smallest absolute Gasteiger partial charge is 0.258 e. The van der Waals surface area contributed by atoms with Crippen molar-refractivity contribution in [3.8, 4) is 16.7 Å². The molecule has 0 unspecified atom stereocenters. The van der Waals surface area contributed by atoms with Crippen LogP contribution in [-0.2, 0) is 0 Å². The number of H-pyrrole nitrogens is 1. The highest BCUT2D eigenvalue weighted by atomic mass is 35.5. The maximum Gasteiger partial charge on any atom is 0.258 e. The lowest BCUT2D eigenvalue weighted by atomic mass is 10.00. The normalized spacial score (nSPS) is 16.1. The molecule has 0 aromatic carbocycles. The van der Waals surface area contributed by atoms with Gasteiger partial charge in [0.15, 0.2) is 10.8 Å². The fourth-order valence-corrected chi connectivity index (χ4v) is 3.38. The highest BCUT2D eigenvalue weighted by molar-refractivity contribution is 7.18. The molecule has 2 heterocycles. The number of hydrogen-bond donors (Lipinski definition) is 2. The molecule has 3 rings (SSSR count). The molecule has 2 N–H and O–H groups in total. The molecule has 0 bridgehead atoms. The van der Waals surface area contributed by atoms with Crippen LogP contribution in [0.1, 0.15) is 37.2 Å². The number of thiazole rings is 1. The van der Waals surface area contributed by atoms with Crippen molar-refractivity contribution in [1.29, 1.82) is 0 Å². The molecule has 1 saturated carbocycles. The number of nitrogens with zero attached hydrogens (tertiary/aromatic N) is 2. The Morgan fingerprint density at radius 1 is 1.42 bits per heavy atom. The second-order valence-corrected chi connectivity index (χ2v) is 6.26. The third-order valence-electron chi connectivity index (χ3n) is 3.38. The zero-order chi connectivity index (χ0) is 13.4. The Labute approximate surface area is 118 Å². The van der Waals surface area contributed by atoms with Gasteiger partial charge >= 0.3 is 0 Å².